The Balaban J connectivity index is 1.72. The molecule has 1 amide bonds. The number of hydrogen-bond acceptors (Lipinski definition) is 3. The summed E-state index contributed by atoms with van der Waals surface area (Å²) >= 11 is 0. The van der Waals surface area contributed by atoms with Crippen molar-refractivity contribution in [3.05, 3.63) is 35.9 Å². The number of likely N-dealkylation sites (N-methyl/N-ethyl adjacent to an activating group) is 1. The zero-order valence-corrected chi connectivity index (χ0v) is 14.6. The van der Waals surface area contributed by atoms with Gasteiger partial charge in [-0.1, -0.05) is 43.7 Å². The van der Waals surface area contributed by atoms with E-state index in [-0.39, 0.29) is 11.8 Å². The maximum Gasteiger partial charge on any atom is 0.227 e. The summed E-state index contributed by atoms with van der Waals surface area (Å²) in [6, 6.07) is 10.1. The number of nitrogens with zero attached hydrogens (tertiary/aromatic N) is 2. The van der Waals surface area contributed by atoms with E-state index in [1.807, 2.05) is 18.2 Å². The molecule has 1 saturated heterocycles. The maximum absolute atomic E-state index is 12.5. The second kappa shape index (κ2) is 9.68. The van der Waals surface area contributed by atoms with Gasteiger partial charge in [-0.15, -0.1) is 0 Å². The van der Waals surface area contributed by atoms with Crippen molar-refractivity contribution in [2.24, 2.45) is 0 Å². The fourth-order valence-electron chi connectivity index (χ4n) is 3.13. The molecule has 1 atom stereocenters. The second-order valence-electron chi connectivity index (χ2n) is 6.54. The topological polar surface area (TPSA) is 35.6 Å². The van der Waals surface area contributed by atoms with Crippen molar-refractivity contribution < 1.29 is 4.79 Å². The molecule has 1 fully saturated rings. The Bertz CT molecular complexity index is 455. The summed E-state index contributed by atoms with van der Waals surface area (Å²) < 4.78 is 0. The van der Waals surface area contributed by atoms with Crippen molar-refractivity contribution in [2.45, 2.75) is 32.1 Å². The minimum Gasteiger partial charge on any atom is -0.356 e. The highest BCUT2D eigenvalue weighted by Gasteiger charge is 2.19. The van der Waals surface area contributed by atoms with Gasteiger partial charge in [-0.25, -0.2) is 0 Å². The Morgan fingerprint density at radius 1 is 1.17 bits per heavy atom. The van der Waals surface area contributed by atoms with Gasteiger partial charge in [0.15, 0.2) is 0 Å². The van der Waals surface area contributed by atoms with Crippen LogP contribution in [0.5, 0.6) is 0 Å². The van der Waals surface area contributed by atoms with Crippen LogP contribution in [0.25, 0.3) is 0 Å². The standard InChI is InChI=1S/C19H31N3O/c1-3-8-18(17-9-5-4-6-10-17)19(23)20-11-7-12-22-15-13-21(2)14-16-22/h4-6,9-10,18H,3,7-8,11-16H2,1-2H3,(H,20,23). The predicted octanol–water partition coefficient (Wildman–Crippen LogP) is 2.32. The van der Waals surface area contributed by atoms with Crippen LogP contribution in [-0.4, -0.2) is 62.0 Å². The SMILES string of the molecule is CCCC(C(=O)NCCCN1CCN(C)CC1)c1ccccc1. The average molecular weight is 317 g/mol. The van der Waals surface area contributed by atoms with Gasteiger partial charge < -0.3 is 15.1 Å². The number of carbonyl (C=O) groups excluding carboxylic acids is 1. The van der Waals surface area contributed by atoms with Crippen LogP contribution in [0.2, 0.25) is 0 Å². The molecule has 1 aromatic carbocycles. The highest BCUT2D eigenvalue weighted by molar-refractivity contribution is 5.83. The van der Waals surface area contributed by atoms with E-state index in [1.165, 1.54) is 0 Å². The first-order valence-corrected chi connectivity index (χ1v) is 8.94. The van der Waals surface area contributed by atoms with E-state index in [0.717, 1.165) is 64.1 Å². The summed E-state index contributed by atoms with van der Waals surface area (Å²) in [5.41, 5.74) is 1.13. The third kappa shape index (κ3) is 5.96. The number of hydrogen-bond donors (Lipinski definition) is 1. The molecule has 1 aromatic rings. The summed E-state index contributed by atoms with van der Waals surface area (Å²) in [6.45, 7) is 8.59. The maximum atomic E-state index is 12.5. The van der Waals surface area contributed by atoms with Crippen LogP contribution < -0.4 is 5.32 Å². The molecule has 2 rings (SSSR count). The van der Waals surface area contributed by atoms with Crippen LogP contribution in [0.3, 0.4) is 0 Å². The van der Waals surface area contributed by atoms with E-state index in [2.05, 4.69) is 41.2 Å². The van der Waals surface area contributed by atoms with Crippen molar-refractivity contribution in [2.75, 3.05) is 46.3 Å². The molecule has 0 aliphatic carbocycles. The van der Waals surface area contributed by atoms with Crippen LogP contribution >= 0.6 is 0 Å². The lowest BCUT2D eigenvalue weighted by atomic mass is 9.93. The second-order valence-corrected chi connectivity index (χ2v) is 6.54. The third-order valence-corrected chi connectivity index (χ3v) is 4.64. The number of nitrogens with one attached hydrogen (secondary N) is 1. The van der Waals surface area contributed by atoms with Gasteiger partial charge in [-0.2, -0.15) is 0 Å². The molecule has 1 unspecified atom stereocenters. The lowest BCUT2D eigenvalue weighted by molar-refractivity contribution is -0.122. The monoisotopic (exact) mass is 317 g/mol. The molecule has 0 bridgehead atoms. The van der Waals surface area contributed by atoms with Crippen molar-refractivity contribution in [1.29, 1.82) is 0 Å². The van der Waals surface area contributed by atoms with Gasteiger partial charge in [0.05, 0.1) is 5.92 Å². The quantitative estimate of drug-likeness (QED) is 0.748. The fraction of sp³-hybridized carbons (Fsp3) is 0.632. The summed E-state index contributed by atoms with van der Waals surface area (Å²) in [4.78, 5) is 17.4. The zero-order valence-electron chi connectivity index (χ0n) is 14.6. The lowest BCUT2D eigenvalue weighted by Gasteiger charge is -2.32. The first kappa shape index (κ1) is 18.0. The Labute approximate surface area is 140 Å². The summed E-state index contributed by atoms with van der Waals surface area (Å²) in [6.07, 6.45) is 2.96. The van der Waals surface area contributed by atoms with E-state index in [0.29, 0.717) is 0 Å². The fourth-order valence-corrected chi connectivity index (χ4v) is 3.13. The van der Waals surface area contributed by atoms with Gasteiger partial charge in [-0.05, 0) is 32.0 Å². The van der Waals surface area contributed by atoms with E-state index in [4.69, 9.17) is 0 Å². The van der Waals surface area contributed by atoms with E-state index in [1.54, 1.807) is 0 Å². The molecule has 23 heavy (non-hydrogen) atoms. The van der Waals surface area contributed by atoms with Crippen LogP contribution in [0.4, 0.5) is 0 Å². The van der Waals surface area contributed by atoms with Gasteiger partial charge in [0.2, 0.25) is 5.91 Å². The largest absolute Gasteiger partial charge is 0.356 e. The average Bonchev–Trinajstić information content (AvgIpc) is 2.58. The first-order valence-electron chi connectivity index (χ1n) is 8.94. The van der Waals surface area contributed by atoms with Gasteiger partial charge in [0.25, 0.3) is 0 Å². The smallest absolute Gasteiger partial charge is 0.227 e. The van der Waals surface area contributed by atoms with Crippen molar-refractivity contribution >= 4 is 5.91 Å². The molecule has 0 saturated carbocycles. The Morgan fingerprint density at radius 2 is 1.87 bits per heavy atom. The zero-order chi connectivity index (χ0) is 16.5. The lowest BCUT2D eigenvalue weighted by Crippen LogP contribution is -2.45. The third-order valence-electron chi connectivity index (χ3n) is 4.64. The van der Waals surface area contributed by atoms with Crippen molar-refractivity contribution in [3.63, 3.8) is 0 Å². The predicted molar refractivity (Wildman–Crippen MR) is 95.7 cm³/mol. The first-order chi connectivity index (χ1) is 11.2. The highest BCUT2D eigenvalue weighted by Crippen LogP contribution is 2.21. The van der Waals surface area contributed by atoms with Crippen LogP contribution in [0.1, 0.15) is 37.7 Å². The Morgan fingerprint density at radius 3 is 2.52 bits per heavy atom. The van der Waals surface area contributed by atoms with Crippen molar-refractivity contribution in [1.82, 2.24) is 15.1 Å². The van der Waals surface area contributed by atoms with E-state index in [9.17, 15) is 4.79 Å². The molecular formula is C19H31N3O. The Kier molecular flexibility index (Phi) is 7.56. The van der Waals surface area contributed by atoms with E-state index >= 15 is 0 Å². The molecule has 0 spiro atoms. The minimum atomic E-state index is -0.00941. The molecule has 1 N–H and O–H groups in total. The number of amides is 1. The van der Waals surface area contributed by atoms with Crippen LogP contribution in [0.15, 0.2) is 30.3 Å². The normalized spacial score (nSPS) is 17.8. The Hall–Kier alpha value is -1.39. The molecule has 4 nitrogen and oxygen atoms in total. The van der Waals surface area contributed by atoms with E-state index < -0.39 is 0 Å². The van der Waals surface area contributed by atoms with Crippen LogP contribution in [0, 0.1) is 0 Å². The van der Waals surface area contributed by atoms with Gasteiger partial charge in [0, 0.05) is 32.7 Å². The summed E-state index contributed by atoms with van der Waals surface area (Å²) in [7, 11) is 2.18. The van der Waals surface area contributed by atoms with Gasteiger partial charge in [0.1, 0.15) is 0 Å². The minimum absolute atomic E-state index is 0.00941. The van der Waals surface area contributed by atoms with Crippen LogP contribution in [-0.2, 0) is 4.79 Å². The summed E-state index contributed by atoms with van der Waals surface area (Å²) in [5.74, 6) is 0.168. The number of benzene rings is 1. The molecule has 0 radical (unpaired) electrons. The molecule has 1 aliphatic heterocycles. The molecule has 0 aromatic heterocycles. The van der Waals surface area contributed by atoms with Crippen molar-refractivity contribution in [3.8, 4) is 0 Å². The number of carbonyl (C=O) groups is 1. The molecule has 1 heterocycles. The number of rotatable bonds is 8. The van der Waals surface area contributed by atoms with Gasteiger partial charge >= 0.3 is 0 Å². The number of piperazine rings is 1. The highest BCUT2D eigenvalue weighted by atomic mass is 16.1. The molecule has 4 heteroatoms. The molecule has 1 aliphatic rings. The molecule has 128 valence electrons. The summed E-state index contributed by atoms with van der Waals surface area (Å²) in [5, 5.41) is 3.14. The van der Waals surface area contributed by atoms with Gasteiger partial charge in [-0.3, -0.25) is 4.79 Å². The molecular weight excluding hydrogens is 286 g/mol.